The van der Waals surface area contributed by atoms with E-state index in [2.05, 4.69) is 0 Å². The molecule has 1 saturated carbocycles. The molecule has 0 aromatic heterocycles. The number of β-amino-alcohol motifs (C(OH)–C–C–N with tert-alkyl or cyclic N) is 1. The third kappa shape index (κ3) is 2.45. The zero-order chi connectivity index (χ0) is 14.2. The number of carboxylic acid groups (broad SMARTS) is 1. The van der Waals surface area contributed by atoms with E-state index in [9.17, 15) is 15.0 Å². The van der Waals surface area contributed by atoms with Crippen LogP contribution in [0.4, 0.5) is 0 Å². The summed E-state index contributed by atoms with van der Waals surface area (Å²) >= 11 is 0. The number of carbonyl (C=O) groups is 1. The molecule has 1 aromatic rings. The summed E-state index contributed by atoms with van der Waals surface area (Å²) < 4.78 is 0. The smallest absolute Gasteiger partial charge is 0.325 e. The van der Waals surface area contributed by atoms with Gasteiger partial charge in [-0.25, -0.2) is 0 Å². The first-order valence-electron chi connectivity index (χ1n) is 7.36. The molecule has 4 heteroatoms. The highest BCUT2D eigenvalue weighted by molar-refractivity contribution is 5.76. The minimum absolute atomic E-state index is 0.471. The van der Waals surface area contributed by atoms with E-state index in [4.69, 9.17) is 0 Å². The van der Waals surface area contributed by atoms with E-state index in [0.717, 1.165) is 43.2 Å². The Labute approximate surface area is 119 Å². The molecule has 0 spiro atoms. The molecule has 1 unspecified atom stereocenters. The second-order valence-corrected chi connectivity index (χ2v) is 6.09. The Hall–Kier alpha value is -1.39. The Morgan fingerprint density at radius 3 is 2.70 bits per heavy atom. The predicted octanol–water partition coefficient (Wildman–Crippen LogP) is 1.98. The van der Waals surface area contributed by atoms with Gasteiger partial charge in [0.05, 0.1) is 5.60 Å². The molecule has 20 heavy (non-hydrogen) atoms. The van der Waals surface area contributed by atoms with Gasteiger partial charge in [0.2, 0.25) is 0 Å². The van der Waals surface area contributed by atoms with Gasteiger partial charge in [-0.05, 0) is 30.4 Å². The van der Waals surface area contributed by atoms with E-state index in [1.165, 1.54) is 0 Å². The van der Waals surface area contributed by atoms with Crippen LogP contribution in [0.25, 0.3) is 0 Å². The van der Waals surface area contributed by atoms with Crippen LogP contribution in [0, 0.1) is 0 Å². The lowest BCUT2D eigenvalue weighted by Crippen LogP contribution is -2.47. The van der Waals surface area contributed by atoms with E-state index in [1.807, 2.05) is 29.2 Å². The second-order valence-electron chi connectivity index (χ2n) is 6.09. The highest BCUT2D eigenvalue weighted by Crippen LogP contribution is 2.35. The number of carboxylic acids is 1. The first-order chi connectivity index (χ1) is 9.59. The van der Waals surface area contributed by atoms with Crippen molar-refractivity contribution in [2.45, 2.75) is 43.7 Å². The zero-order valence-electron chi connectivity index (χ0n) is 11.6. The maximum Gasteiger partial charge on any atom is 0.325 e. The Morgan fingerprint density at radius 1 is 1.30 bits per heavy atom. The SMILES string of the molecule is O=C(O)C1c2ccccc2CCN1CC1(O)CCCC1. The first-order valence-corrected chi connectivity index (χ1v) is 7.36. The van der Waals surface area contributed by atoms with Gasteiger partial charge in [-0.1, -0.05) is 37.1 Å². The van der Waals surface area contributed by atoms with Crippen molar-refractivity contribution in [1.82, 2.24) is 4.90 Å². The molecule has 0 amide bonds. The van der Waals surface area contributed by atoms with Crippen molar-refractivity contribution in [3.05, 3.63) is 35.4 Å². The summed E-state index contributed by atoms with van der Waals surface area (Å²) in [5.74, 6) is -0.821. The molecule has 0 bridgehead atoms. The second kappa shape index (κ2) is 5.19. The third-order valence-electron chi connectivity index (χ3n) is 4.65. The molecule has 1 atom stereocenters. The van der Waals surface area contributed by atoms with Crippen molar-refractivity contribution in [2.24, 2.45) is 0 Å². The highest BCUT2D eigenvalue weighted by atomic mass is 16.4. The van der Waals surface area contributed by atoms with Gasteiger partial charge in [-0.2, -0.15) is 0 Å². The summed E-state index contributed by atoms with van der Waals surface area (Å²) in [6.07, 6.45) is 4.52. The lowest BCUT2D eigenvalue weighted by molar-refractivity contribution is -0.145. The van der Waals surface area contributed by atoms with Crippen LogP contribution in [0.3, 0.4) is 0 Å². The van der Waals surface area contributed by atoms with E-state index in [-0.39, 0.29) is 0 Å². The van der Waals surface area contributed by atoms with Gasteiger partial charge in [-0.3, -0.25) is 9.69 Å². The van der Waals surface area contributed by atoms with Gasteiger partial charge in [0.1, 0.15) is 6.04 Å². The Bertz CT molecular complexity index is 508. The molecule has 2 aliphatic rings. The largest absolute Gasteiger partial charge is 0.480 e. The molecular formula is C16H21NO3. The van der Waals surface area contributed by atoms with Gasteiger partial charge in [0.25, 0.3) is 0 Å². The van der Waals surface area contributed by atoms with Crippen LogP contribution < -0.4 is 0 Å². The molecule has 3 rings (SSSR count). The summed E-state index contributed by atoms with van der Waals surface area (Å²) in [5, 5.41) is 20.1. The van der Waals surface area contributed by atoms with E-state index in [1.54, 1.807) is 0 Å². The fraction of sp³-hybridized carbons (Fsp3) is 0.562. The minimum atomic E-state index is -0.821. The average Bonchev–Trinajstić information content (AvgIpc) is 2.84. The average molecular weight is 275 g/mol. The van der Waals surface area contributed by atoms with Crippen molar-refractivity contribution in [1.29, 1.82) is 0 Å². The number of aliphatic carboxylic acids is 1. The van der Waals surface area contributed by atoms with Crippen LogP contribution in [-0.4, -0.2) is 39.8 Å². The zero-order valence-corrected chi connectivity index (χ0v) is 11.6. The van der Waals surface area contributed by atoms with Gasteiger partial charge >= 0.3 is 5.97 Å². The first kappa shape index (κ1) is 13.6. The lowest BCUT2D eigenvalue weighted by Gasteiger charge is -2.38. The van der Waals surface area contributed by atoms with Crippen molar-refractivity contribution in [2.75, 3.05) is 13.1 Å². The Morgan fingerprint density at radius 2 is 2.00 bits per heavy atom. The fourth-order valence-corrected chi connectivity index (χ4v) is 3.65. The number of aliphatic hydroxyl groups is 1. The van der Waals surface area contributed by atoms with Crippen LogP contribution in [0.15, 0.2) is 24.3 Å². The van der Waals surface area contributed by atoms with Crippen molar-refractivity contribution >= 4 is 5.97 Å². The van der Waals surface area contributed by atoms with E-state index < -0.39 is 17.6 Å². The summed E-state index contributed by atoms with van der Waals surface area (Å²) in [5.41, 5.74) is 1.31. The number of rotatable bonds is 3. The van der Waals surface area contributed by atoms with Crippen LogP contribution in [0.1, 0.15) is 42.9 Å². The number of hydrogen-bond acceptors (Lipinski definition) is 3. The summed E-state index contributed by atoms with van der Waals surface area (Å²) in [6.45, 7) is 1.18. The molecule has 1 aliphatic heterocycles. The van der Waals surface area contributed by atoms with Gasteiger partial charge in [-0.15, -0.1) is 0 Å². The molecule has 108 valence electrons. The predicted molar refractivity (Wildman–Crippen MR) is 75.5 cm³/mol. The number of benzene rings is 1. The minimum Gasteiger partial charge on any atom is -0.480 e. The van der Waals surface area contributed by atoms with Crippen molar-refractivity contribution in [3.8, 4) is 0 Å². The van der Waals surface area contributed by atoms with Crippen LogP contribution in [0.2, 0.25) is 0 Å². The summed E-state index contributed by atoms with van der Waals surface area (Å²) in [7, 11) is 0. The van der Waals surface area contributed by atoms with Crippen LogP contribution >= 0.6 is 0 Å². The molecule has 1 heterocycles. The normalized spacial score (nSPS) is 25.4. The number of fused-ring (bicyclic) bond motifs is 1. The third-order valence-corrected chi connectivity index (χ3v) is 4.65. The fourth-order valence-electron chi connectivity index (χ4n) is 3.65. The van der Waals surface area contributed by atoms with Crippen LogP contribution in [-0.2, 0) is 11.2 Å². The summed E-state index contributed by atoms with van der Waals surface area (Å²) in [6, 6.07) is 7.14. The standard InChI is InChI=1S/C16H21NO3/c18-15(19)14-13-6-2-1-5-12(13)7-10-17(14)11-16(20)8-3-4-9-16/h1-2,5-6,14,20H,3-4,7-11H2,(H,18,19). The molecule has 4 nitrogen and oxygen atoms in total. The highest BCUT2D eigenvalue weighted by Gasteiger charge is 2.39. The van der Waals surface area contributed by atoms with Crippen LogP contribution in [0.5, 0.6) is 0 Å². The Kier molecular flexibility index (Phi) is 3.52. The lowest BCUT2D eigenvalue weighted by atomic mass is 9.90. The maximum atomic E-state index is 11.7. The molecule has 1 aromatic carbocycles. The van der Waals surface area contributed by atoms with Gasteiger partial charge < -0.3 is 10.2 Å². The monoisotopic (exact) mass is 275 g/mol. The van der Waals surface area contributed by atoms with Crippen molar-refractivity contribution < 1.29 is 15.0 Å². The topological polar surface area (TPSA) is 60.8 Å². The van der Waals surface area contributed by atoms with Gasteiger partial charge in [0.15, 0.2) is 0 Å². The quantitative estimate of drug-likeness (QED) is 0.885. The van der Waals surface area contributed by atoms with E-state index in [0.29, 0.717) is 13.1 Å². The number of nitrogens with zero attached hydrogens (tertiary/aromatic N) is 1. The summed E-state index contributed by atoms with van der Waals surface area (Å²) in [4.78, 5) is 13.6. The van der Waals surface area contributed by atoms with Crippen molar-refractivity contribution in [3.63, 3.8) is 0 Å². The molecule has 0 saturated heterocycles. The number of hydrogen-bond donors (Lipinski definition) is 2. The molecule has 2 N–H and O–H groups in total. The molecule has 0 radical (unpaired) electrons. The molecular weight excluding hydrogens is 254 g/mol. The van der Waals surface area contributed by atoms with E-state index >= 15 is 0 Å². The Balaban J connectivity index is 1.86. The molecule has 1 aliphatic carbocycles. The molecule has 1 fully saturated rings. The maximum absolute atomic E-state index is 11.7. The van der Waals surface area contributed by atoms with Gasteiger partial charge in [0, 0.05) is 13.1 Å².